The fourth-order valence-electron chi connectivity index (χ4n) is 2.12. The van der Waals surface area contributed by atoms with Gasteiger partial charge < -0.3 is 15.5 Å². The molecule has 0 fully saturated rings. The molecule has 3 N–H and O–H groups in total. The van der Waals surface area contributed by atoms with Gasteiger partial charge in [0, 0.05) is 29.4 Å². The molecule has 6 nitrogen and oxygen atoms in total. The molecule has 0 aliphatic carbocycles. The van der Waals surface area contributed by atoms with Gasteiger partial charge in [0.15, 0.2) is 5.82 Å². The number of anilines is 1. The van der Waals surface area contributed by atoms with Crippen LogP contribution in [0.3, 0.4) is 0 Å². The van der Waals surface area contributed by atoms with Gasteiger partial charge in [0.25, 0.3) is 0 Å². The Morgan fingerprint density at radius 3 is 2.87 bits per heavy atom. The predicted octanol–water partition coefficient (Wildman–Crippen LogP) is 3.39. The van der Waals surface area contributed by atoms with E-state index in [1.165, 1.54) is 12.1 Å². The van der Waals surface area contributed by atoms with Crippen molar-refractivity contribution in [3.05, 3.63) is 54.1 Å². The first-order chi connectivity index (χ1) is 11.2. The van der Waals surface area contributed by atoms with E-state index in [0.717, 1.165) is 0 Å². The topological polar surface area (TPSA) is 91.2 Å². The van der Waals surface area contributed by atoms with E-state index in [9.17, 15) is 10.2 Å². The number of phenolic OH excluding ortho intramolecular Hbond substituents is 1. The largest absolute Gasteiger partial charge is 0.508 e. The van der Waals surface area contributed by atoms with Crippen molar-refractivity contribution in [2.24, 2.45) is 0 Å². The van der Waals surface area contributed by atoms with E-state index in [1.54, 1.807) is 36.7 Å². The molecule has 0 bridgehead atoms. The number of aromatic nitrogens is 3. The molecule has 2 heterocycles. The van der Waals surface area contributed by atoms with E-state index in [4.69, 9.17) is 11.6 Å². The highest BCUT2D eigenvalue weighted by Crippen LogP contribution is 2.25. The highest BCUT2D eigenvalue weighted by Gasteiger charge is 2.08. The average Bonchev–Trinajstić information content (AvgIpc) is 2.56. The SMILES string of the molecule is O/C(=C\c1nc(NCCl)c2cc(O)ccc2n1)c1cccnc1. The second-order valence-electron chi connectivity index (χ2n) is 4.71. The molecular formula is C16H13ClN4O2. The number of halogens is 1. The van der Waals surface area contributed by atoms with Gasteiger partial charge in [-0.1, -0.05) is 0 Å². The molecule has 0 saturated heterocycles. The van der Waals surface area contributed by atoms with Crippen LogP contribution in [0.15, 0.2) is 42.7 Å². The lowest BCUT2D eigenvalue weighted by Gasteiger charge is -2.08. The van der Waals surface area contributed by atoms with Crippen LogP contribution in [-0.4, -0.2) is 31.2 Å². The van der Waals surface area contributed by atoms with E-state index < -0.39 is 0 Å². The van der Waals surface area contributed by atoms with Crippen molar-refractivity contribution in [2.75, 3.05) is 11.3 Å². The molecule has 0 amide bonds. The molecular weight excluding hydrogens is 316 g/mol. The molecule has 0 saturated carbocycles. The minimum Gasteiger partial charge on any atom is -0.508 e. The van der Waals surface area contributed by atoms with Crippen LogP contribution >= 0.6 is 11.6 Å². The maximum atomic E-state index is 10.2. The van der Waals surface area contributed by atoms with Crippen LogP contribution in [0.5, 0.6) is 5.75 Å². The maximum absolute atomic E-state index is 10.2. The van der Waals surface area contributed by atoms with Gasteiger partial charge in [0.05, 0.1) is 11.5 Å². The summed E-state index contributed by atoms with van der Waals surface area (Å²) in [6.45, 7) is 0. The van der Waals surface area contributed by atoms with Crippen LogP contribution in [0.25, 0.3) is 22.7 Å². The van der Waals surface area contributed by atoms with E-state index >= 15 is 0 Å². The van der Waals surface area contributed by atoms with Crippen molar-refractivity contribution >= 4 is 40.2 Å². The first-order valence-corrected chi connectivity index (χ1v) is 7.32. The standard InChI is InChI=1S/C16H13ClN4O2/c17-9-19-16-12-6-11(22)3-4-13(12)20-15(21-16)7-14(23)10-2-1-5-18-8-10/h1-8,22-23H,9H2,(H,19,20,21)/b14-7-. The van der Waals surface area contributed by atoms with Crippen molar-refractivity contribution in [3.63, 3.8) is 0 Å². The number of aromatic hydroxyl groups is 1. The van der Waals surface area contributed by atoms with E-state index in [0.29, 0.717) is 28.1 Å². The van der Waals surface area contributed by atoms with Crippen LogP contribution in [0, 0.1) is 0 Å². The summed E-state index contributed by atoms with van der Waals surface area (Å²) in [6, 6.07) is 8.37. The molecule has 0 atom stereocenters. The lowest BCUT2D eigenvalue weighted by Crippen LogP contribution is -2.02. The lowest BCUT2D eigenvalue weighted by atomic mass is 10.2. The first kappa shape index (κ1) is 15.1. The number of hydrogen-bond acceptors (Lipinski definition) is 6. The second kappa shape index (κ2) is 6.50. The molecule has 0 aliphatic heterocycles. The van der Waals surface area contributed by atoms with Crippen molar-refractivity contribution in [2.45, 2.75) is 0 Å². The summed E-state index contributed by atoms with van der Waals surface area (Å²) in [4.78, 5) is 12.6. The zero-order valence-corrected chi connectivity index (χ0v) is 12.7. The fraction of sp³-hybridized carbons (Fsp3) is 0.0625. The Labute approximate surface area is 137 Å². The molecule has 1 aromatic carbocycles. The van der Waals surface area contributed by atoms with Gasteiger partial charge in [-0.05, 0) is 30.3 Å². The van der Waals surface area contributed by atoms with E-state index in [2.05, 4.69) is 20.3 Å². The zero-order chi connectivity index (χ0) is 16.2. The summed E-state index contributed by atoms with van der Waals surface area (Å²) in [5.74, 6) is 0.913. The Morgan fingerprint density at radius 2 is 2.13 bits per heavy atom. The van der Waals surface area contributed by atoms with E-state index in [1.807, 2.05) is 0 Å². The monoisotopic (exact) mass is 328 g/mol. The number of aliphatic hydroxyl groups excluding tert-OH is 1. The Balaban J connectivity index is 2.09. The van der Waals surface area contributed by atoms with Gasteiger partial charge in [0.1, 0.15) is 17.3 Å². The number of hydrogen-bond donors (Lipinski definition) is 3. The van der Waals surface area contributed by atoms with Crippen LogP contribution in [-0.2, 0) is 0 Å². The zero-order valence-electron chi connectivity index (χ0n) is 11.9. The van der Waals surface area contributed by atoms with Crippen LogP contribution in [0.4, 0.5) is 5.82 Å². The minimum atomic E-state index is 0.00746. The fourth-order valence-corrected chi connectivity index (χ4v) is 2.24. The van der Waals surface area contributed by atoms with Crippen LogP contribution < -0.4 is 5.32 Å². The molecule has 0 unspecified atom stereocenters. The lowest BCUT2D eigenvalue weighted by molar-refractivity contribution is 0.476. The molecule has 2 aromatic heterocycles. The summed E-state index contributed by atoms with van der Waals surface area (Å²) >= 11 is 5.72. The highest BCUT2D eigenvalue weighted by atomic mass is 35.5. The number of aliphatic hydroxyl groups is 1. The number of phenols is 1. The average molecular weight is 329 g/mol. The summed E-state index contributed by atoms with van der Waals surface area (Å²) in [6.07, 6.45) is 4.61. The third kappa shape index (κ3) is 3.32. The number of benzene rings is 1. The van der Waals surface area contributed by atoms with Crippen molar-refractivity contribution in [1.29, 1.82) is 0 Å². The highest BCUT2D eigenvalue weighted by molar-refractivity contribution is 6.19. The second-order valence-corrected chi connectivity index (χ2v) is 4.98. The molecule has 23 heavy (non-hydrogen) atoms. The third-order valence-corrected chi connectivity index (χ3v) is 3.29. The first-order valence-electron chi connectivity index (χ1n) is 6.79. The molecule has 7 heteroatoms. The molecule has 0 spiro atoms. The van der Waals surface area contributed by atoms with Gasteiger partial charge in [-0.25, -0.2) is 9.97 Å². The van der Waals surface area contributed by atoms with Gasteiger partial charge in [-0.3, -0.25) is 4.98 Å². The molecule has 3 aromatic rings. The Hall–Kier alpha value is -2.86. The number of nitrogens with zero attached hydrogens (tertiary/aromatic N) is 3. The van der Waals surface area contributed by atoms with Gasteiger partial charge in [-0.15, -0.1) is 11.6 Å². The Bertz CT molecular complexity index is 869. The quantitative estimate of drug-likeness (QED) is 0.386. The Kier molecular flexibility index (Phi) is 4.25. The van der Waals surface area contributed by atoms with Crippen LogP contribution in [0.2, 0.25) is 0 Å². The summed E-state index contributed by atoms with van der Waals surface area (Å²) in [5.41, 5.74) is 1.18. The number of alkyl halides is 1. The van der Waals surface area contributed by atoms with Gasteiger partial charge in [0.2, 0.25) is 0 Å². The predicted molar refractivity (Wildman–Crippen MR) is 90.3 cm³/mol. The minimum absolute atomic E-state index is 0.00746. The smallest absolute Gasteiger partial charge is 0.158 e. The van der Waals surface area contributed by atoms with E-state index in [-0.39, 0.29) is 17.5 Å². The molecule has 0 aliphatic rings. The number of rotatable bonds is 4. The van der Waals surface area contributed by atoms with Crippen LogP contribution in [0.1, 0.15) is 11.4 Å². The Morgan fingerprint density at radius 1 is 1.26 bits per heavy atom. The number of fused-ring (bicyclic) bond motifs is 1. The molecule has 116 valence electrons. The normalized spacial score (nSPS) is 11.6. The molecule has 3 rings (SSSR count). The van der Waals surface area contributed by atoms with Gasteiger partial charge >= 0.3 is 0 Å². The molecule has 0 radical (unpaired) electrons. The van der Waals surface area contributed by atoms with Crippen molar-refractivity contribution in [3.8, 4) is 5.75 Å². The van der Waals surface area contributed by atoms with Crippen molar-refractivity contribution < 1.29 is 10.2 Å². The summed E-state index contributed by atoms with van der Waals surface area (Å²) in [5, 5.41) is 23.3. The third-order valence-electron chi connectivity index (χ3n) is 3.15. The number of nitrogens with one attached hydrogen (secondary N) is 1. The van der Waals surface area contributed by atoms with Gasteiger partial charge in [-0.2, -0.15) is 0 Å². The maximum Gasteiger partial charge on any atom is 0.158 e. The van der Waals surface area contributed by atoms with Crippen molar-refractivity contribution in [1.82, 2.24) is 15.0 Å². The summed E-state index contributed by atoms with van der Waals surface area (Å²) < 4.78 is 0. The number of pyridine rings is 1. The summed E-state index contributed by atoms with van der Waals surface area (Å²) in [7, 11) is 0.